The molecule has 0 aromatic carbocycles. The van der Waals surface area contributed by atoms with E-state index in [1.165, 1.54) is 0 Å². The van der Waals surface area contributed by atoms with Crippen LogP contribution < -0.4 is 11.1 Å². The lowest BCUT2D eigenvalue weighted by atomic mass is 9.94. The molecule has 0 aliphatic rings. The fourth-order valence-electron chi connectivity index (χ4n) is 1.97. The summed E-state index contributed by atoms with van der Waals surface area (Å²) >= 11 is 0. The molecular weight excluding hydrogens is 248 g/mol. The Bertz CT molecular complexity index is 265. The largest absolute Gasteiger partial charge is 0.479 e. The number of rotatable bonds is 11. The van der Waals surface area contributed by atoms with Crippen molar-refractivity contribution >= 4 is 11.9 Å². The topological polar surface area (TPSA) is 113 Å². The second-order valence-electron chi connectivity index (χ2n) is 4.76. The first-order valence-corrected chi connectivity index (χ1v) is 6.88. The Morgan fingerprint density at radius 1 is 1.21 bits per heavy atom. The zero-order valence-electron chi connectivity index (χ0n) is 11.6. The van der Waals surface area contributed by atoms with Gasteiger partial charge in [0, 0.05) is 19.4 Å². The number of carbonyl (C=O) groups is 2. The highest BCUT2D eigenvalue weighted by Crippen LogP contribution is 2.16. The number of carboxylic acids is 1. The summed E-state index contributed by atoms with van der Waals surface area (Å²) in [5.74, 6) is -0.888. The number of carboxylic acid groups (broad SMARTS) is 1. The third kappa shape index (κ3) is 9.44. The van der Waals surface area contributed by atoms with Crippen molar-refractivity contribution < 1.29 is 19.8 Å². The molecule has 0 aromatic rings. The molecule has 6 nitrogen and oxygen atoms in total. The van der Waals surface area contributed by atoms with E-state index in [2.05, 4.69) is 12.2 Å². The van der Waals surface area contributed by atoms with E-state index in [1.807, 2.05) is 0 Å². The minimum atomic E-state index is -1.41. The molecule has 0 bridgehead atoms. The van der Waals surface area contributed by atoms with E-state index < -0.39 is 12.1 Å². The average molecular weight is 274 g/mol. The predicted molar refractivity (Wildman–Crippen MR) is 72.6 cm³/mol. The van der Waals surface area contributed by atoms with E-state index in [-0.39, 0.29) is 18.9 Å². The molecule has 0 aromatic heterocycles. The lowest BCUT2D eigenvalue weighted by Gasteiger charge is -2.14. The first-order chi connectivity index (χ1) is 9.01. The van der Waals surface area contributed by atoms with Gasteiger partial charge in [-0.3, -0.25) is 4.79 Å². The van der Waals surface area contributed by atoms with Gasteiger partial charge in [-0.05, 0) is 25.3 Å². The summed E-state index contributed by atoms with van der Waals surface area (Å²) in [5, 5.41) is 20.1. The van der Waals surface area contributed by atoms with Gasteiger partial charge < -0.3 is 21.3 Å². The quantitative estimate of drug-likeness (QED) is 0.438. The molecule has 0 saturated carbocycles. The van der Waals surface area contributed by atoms with Crippen LogP contribution in [0.2, 0.25) is 0 Å². The van der Waals surface area contributed by atoms with Crippen LogP contribution in [-0.4, -0.2) is 41.3 Å². The van der Waals surface area contributed by atoms with Crippen LogP contribution in [0.4, 0.5) is 0 Å². The van der Waals surface area contributed by atoms with Crippen molar-refractivity contribution in [3.05, 3.63) is 0 Å². The van der Waals surface area contributed by atoms with E-state index in [4.69, 9.17) is 15.9 Å². The highest BCUT2D eigenvalue weighted by Gasteiger charge is 2.13. The standard InChI is InChI=1S/C13H26N2O4/c1-2-3-10(6-8-14)4-5-12(17)15-9-7-11(16)13(18)19/h10-11,16H,2-9,14H2,1H3,(H,15,17)(H,18,19)/t10?,11-/m0/s1. The maximum Gasteiger partial charge on any atom is 0.332 e. The number of aliphatic hydroxyl groups excluding tert-OH is 1. The van der Waals surface area contributed by atoms with Crippen LogP contribution in [0.25, 0.3) is 0 Å². The van der Waals surface area contributed by atoms with Crippen LogP contribution in [0, 0.1) is 5.92 Å². The Labute approximate surface area is 114 Å². The Morgan fingerprint density at radius 3 is 2.42 bits per heavy atom. The number of hydrogen-bond donors (Lipinski definition) is 4. The van der Waals surface area contributed by atoms with E-state index >= 15 is 0 Å². The second kappa shape index (κ2) is 10.8. The van der Waals surface area contributed by atoms with Gasteiger partial charge in [-0.1, -0.05) is 19.8 Å². The summed E-state index contributed by atoms with van der Waals surface area (Å²) in [6.07, 6.45) is 2.93. The number of nitrogens with two attached hydrogens (primary N) is 1. The molecule has 0 rings (SSSR count). The van der Waals surface area contributed by atoms with Gasteiger partial charge in [0.25, 0.3) is 0 Å². The first kappa shape index (κ1) is 17.9. The smallest absolute Gasteiger partial charge is 0.332 e. The van der Waals surface area contributed by atoms with Crippen LogP contribution in [0.1, 0.15) is 45.4 Å². The molecule has 5 N–H and O–H groups in total. The van der Waals surface area contributed by atoms with Gasteiger partial charge in [-0.15, -0.1) is 0 Å². The van der Waals surface area contributed by atoms with E-state index in [0.717, 1.165) is 25.7 Å². The first-order valence-electron chi connectivity index (χ1n) is 6.88. The van der Waals surface area contributed by atoms with Gasteiger partial charge in [0.1, 0.15) is 0 Å². The number of amides is 1. The summed E-state index contributed by atoms with van der Waals surface area (Å²) in [7, 11) is 0. The Kier molecular flexibility index (Phi) is 10.1. The van der Waals surface area contributed by atoms with Crippen LogP contribution >= 0.6 is 0 Å². The summed E-state index contributed by atoms with van der Waals surface area (Å²) in [5.41, 5.74) is 5.52. The minimum absolute atomic E-state index is 0.0300. The van der Waals surface area contributed by atoms with Gasteiger partial charge >= 0.3 is 5.97 Å². The number of carbonyl (C=O) groups excluding carboxylic acids is 1. The summed E-state index contributed by atoms with van der Waals surface area (Å²) in [6.45, 7) is 2.93. The summed E-state index contributed by atoms with van der Waals surface area (Å²) < 4.78 is 0. The molecule has 1 amide bonds. The molecule has 0 heterocycles. The van der Waals surface area contributed by atoms with Gasteiger partial charge in [-0.25, -0.2) is 4.79 Å². The average Bonchev–Trinajstić information content (AvgIpc) is 2.36. The second-order valence-corrected chi connectivity index (χ2v) is 4.76. The molecular formula is C13H26N2O4. The molecule has 0 radical (unpaired) electrons. The van der Waals surface area contributed by atoms with Crippen molar-refractivity contribution in [2.24, 2.45) is 11.7 Å². The zero-order valence-corrected chi connectivity index (χ0v) is 11.6. The van der Waals surface area contributed by atoms with Crippen molar-refractivity contribution in [2.45, 2.75) is 51.6 Å². The van der Waals surface area contributed by atoms with Crippen molar-refractivity contribution in [3.8, 4) is 0 Å². The third-order valence-corrected chi connectivity index (χ3v) is 3.08. The van der Waals surface area contributed by atoms with Crippen LogP contribution in [0.15, 0.2) is 0 Å². The highest BCUT2D eigenvalue weighted by molar-refractivity contribution is 5.76. The zero-order chi connectivity index (χ0) is 14.7. The van der Waals surface area contributed by atoms with Crippen molar-refractivity contribution in [1.82, 2.24) is 5.32 Å². The third-order valence-electron chi connectivity index (χ3n) is 3.08. The van der Waals surface area contributed by atoms with Gasteiger partial charge in [0.2, 0.25) is 5.91 Å². The molecule has 2 atom stereocenters. The molecule has 0 spiro atoms. The predicted octanol–water partition coefficient (Wildman–Crippen LogP) is 0.484. The molecule has 0 aliphatic heterocycles. The number of aliphatic carboxylic acids is 1. The number of nitrogens with one attached hydrogen (secondary N) is 1. The maximum absolute atomic E-state index is 11.5. The maximum atomic E-state index is 11.5. The fourth-order valence-corrected chi connectivity index (χ4v) is 1.97. The molecule has 1 unspecified atom stereocenters. The monoisotopic (exact) mass is 274 g/mol. The van der Waals surface area contributed by atoms with E-state index in [0.29, 0.717) is 18.9 Å². The number of hydrogen-bond acceptors (Lipinski definition) is 4. The molecule has 0 aliphatic carbocycles. The SMILES string of the molecule is CCCC(CCN)CCC(=O)NCC[C@H](O)C(=O)O. The minimum Gasteiger partial charge on any atom is -0.479 e. The van der Waals surface area contributed by atoms with E-state index in [9.17, 15) is 9.59 Å². The normalized spacial score (nSPS) is 13.8. The van der Waals surface area contributed by atoms with Crippen molar-refractivity contribution in [3.63, 3.8) is 0 Å². The molecule has 6 heteroatoms. The number of aliphatic hydroxyl groups is 1. The summed E-state index contributed by atoms with van der Waals surface area (Å²) in [6, 6.07) is 0. The van der Waals surface area contributed by atoms with Gasteiger partial charge in [0.05, 0.1) is 0 Å². The van der Waals surface area contributed by atoms with E-state index in [1.54, 1.807) is 0 Å². The van der Waals surface area contributed by atoms with Crippen molar-refractivity contribution in [2.75, 3.05) is 13.1 Å². The van der Waals surface area contributed by atoms with Crippen molar-refractivity contribution in [1.29, 1.82) is 0 Å². The van der Waals surface area contributed by atoms with Crippen LogP contribution in [0.5, 0.6) is 0 Å². The highest BCUT2D eigenvalue weighted by atomic mass is 16.4. The Hall–Kier alpha value is -1.14. The van der Waals surface area contributed by atoms with Crippen LogP contribution in [0.3, 0.4) is 0 Å². The van der Waals surface area contributed by atoms with Gasteiger partial charge in [-0.2, -0.15) is 0 Å². The fraction of sp³-hybridized carbons (Fsp3) is 0.846. The van der Waals surface area contributed by atoms with Crippen LogP contribution in [-0.2, 0) is 9.59 Å². The Morgan fingerprint density at radius 2 is 1.89 bits per heavy atom. The Balaban J connectivity index is 3.75. The lowest BCUT2D eigenvalue weighted by molar-refractivity contribution is -0.147. The molecule has 0 fully saturated rings. The summed E-state index contributed by atoms with van der Waals surface area (Å²) in [4.78, 5) is 21.9. The lowest BCUT2D eigenvalue weighted by Crippen LogP contribution is -2.30. The van der Waals surface area contributed by atoms with Gasteiger partial charge in [0.15, 0.2) is 6.10 Å². The molecule has 0 saturated heterocycles. The molecule has 112 valence electrons. The molecule has 19 heavy (non-hydrogen) atoms.